The van der Waals surface area contributed by atoms with Gasteiger partial charge in [0.05, 0.1) is 4.92 Å². The fraction of sp³-hybridized carbons (Fsp3) is 0.600. The molecule has 0 amide bonds. The van der Waals surface area contributed by atoms with Gasteiger partial charge in [0.1, 0.15) is 0 Å². The van der Waals surface area contributed by atoms with Crippen molar-refractivity contribution in [2.45, 2.75) is 45.1 Å². The Kier molecular flexibility index (Phi) is 5.38. The molecule has 4 nitrogen and oxygen atoms in total. The van der Waals surface area contributed by atoms with E-state index >= 15 is 0 Å². The van der Waals surface area contributed by atoms with Crippen LogP contribution in [0.4, 0.5) is 5.69 Å². The van der Waals surface area contributed by atoms with Crippen molar-refractivity contribution >= 4 is 17.3 Å². The van der Waals surface area contributed by atoms with E-state index in [0.717, 1.165) is 31.4 Å². The fourth-order valence-electron chi connectivity index (χ4n) is 3.04. The lowest BCUT2D eigenvalue weighted by atomic mass is 9.93. The molecule has 5 heteroatoms. The van der Waals surface area contributed by atoms with Crippen LogP contribution >= 0.6 is 11.6 Å². The molecule has 1 aromatic carbocycles. The Morgan fingerprint density at radius 3 is 2.95 bits per heavy atom. The minimum Gasteiger partial charge on any atom is -0.314 e. The second-order valence-electron chi connectivity index (χ2n) is 5.49. The molecule has 0 aliphatic heterocycles. The average Bonchev–Trinajstić information content (AvgIpc) is 2.85. The van der Waals surface area contributed by atoms with Crippen LogP contribution in [0.2, 0.25) is 5.02 Å². The number of rotatable bonds is 6. The first-order valence-corrected chi connectivity index (χ1v) is 7.65. The Hall–Kier alpha value is -1.13. The minimum atomic E-state index is -0.329. The second-order valence-corrected chi connectivity index (χ2v) is 5.92. The van der Waals surface area contributed by atoms with Crippen molar-refractivity contribution in [3.63, 3.8) is 0 Å². The lowest BCUT2D eigenvalue weighted by molar-refractivity contribution is -0.385. The van der Waals surface area contributed by atoms with E-state index in [1.54, 1.807) is 12.1 Å². The van der Waals surface area contributed by atoms with E-state index in [1.807, 2.05) is 0 Å². The summed E-state index contributed by atoms with van der Waals surface area (Å²) >= 11 is 5.86. The van der Waals surface area contributed by atoms with Gasteiger partial charge in [0, 0.05) is 22.7 Å². The van der Waals surface area contributed by atoms with Gasteiger partial charge in [0.15, 0.2) is 0 Å². The molecule has 0 saturated heterocycles. The maximum absolute atomic E-state index is 11.1. The molecule has 110 valence electrons. The molecule has 2 atom stereocenters. The van der Waals surface area contributed by atoms with Gasteiger partial charge in [-0.05, 0) is 44.2 Å². The predicted octanol–water partition coefficient (Wildman–Crippen LogP) is 3.96. The molecule has 1 saturated carbocycles. The van der Waals surface area contributed by atoms with Gasteiger partial charge in [-0.25, -0.2) is 0 Å². The Morgan fingerprint density at radius 2 is 2.25 bits per heavy atom. The lowest BCUT2D eigenvalue weighted by Gasteiger charge is -2.21. The summed E-state index contributed by atoms with van der Waals surface area (Å²) in [6.07, 6.45) is 5.39. The predicted molar refractivity (Wildman–Crippen MR) is 81.2 cm³/mol. The summed E-state index contributed by atoms with van der Waals surface area (Å²) in [5.41, 5.74) is 0.952. The molecule has 1 aromatic rings. The fourth-order valence-corrected chi connectivity index (χ4v) is 3.21. The van der Waals surface area contributed by atoms with Crippen LogP contribution in [0, 0.1) is 16.0 Å². The first-order valence-electron chi connectivity index (χ1n) is 7.28. The highest BCUT2D eigenvalue weighted by molar-refractivity contribution is 6.30. The summed E-state index contributed by atoms with van der Waals surface area (Å²) in [4.78, 5) is 10.8. The number of hydrogen-bond acceptors (Lipinski definition) is 3. The van der Waals surface area contributed by atoms with Crippen LogP contribution in [0.3, 0.4) is 0 Å². The van der Waals surface area contributed by atoms with E-state index in [0.29, 0.717) is 17.0 Å². The van der Waals surface area contributed by atoms with Gasteiger partial charge >= 0.3 is 0 Å². The molecule has 1 fully saturated rings. The summed E-state index contributed by atoms with van der Waals surface area (Å²) in [5.74, 6) is 0.487. The second kappa shape index (κ2) is 7.04. The van der Waals surface area contributed by atoms with Crippen molar-refractivity contribution in [3.05, 3.63) is 38.9 Å². The van der Waals surface area contributed by atoms with E-state index in [4.69, 9.17) is 11.6 Å². The van der Waals surface area contributed by atoms with Gasteiger partial charge in [0.25, 0.3) is 5.69 Å². The molecular weight excluding hydrogens is 276 g/mol. The Balaban J connectivity index is 2.11. The van der Waals surface area contributed by atoms with E-state index in [2.05, 4.69) is 12.2 Å². The van der Waals surface area contributed by atoms with E-state index < -0.39 is 0 Å². The third kappa shape index (κ3) is 3.70. The van der Waals surface area contributed by atoms with Gasteiger partial charge in [-0.1, -0.05) is 31.0 Å². The van der Waals surface area contributed by atoms with Crippen LogP contribution in [-0.4, -0.2) is 17.5 Å². The van der Waals surface area contributed by atoms with Crippen LogP contribution in [0.25, 0.3) is 0 Å². The quantitative estimate of drug-likeness (QED) is 0.638. The molecule has 1 aliphatic rings. The maximum Gasteiger partial charge on any atom is 0.274 e. The molecule has 0 bridgehead atoms. The standard InChI is InChI=1S/C15H21ClN2O2/c1-2-8-17-14-5-3-4-11(14)9-12-6-7-13(16)10-15(12)18(19)20/h6-7,10-11,14,17H,2-5,8-9H2,1H3. The topological polar surface area (TPSA) is 55.2 Å². The van der Waals surface area contributed by atoms with Crippen LogP contribution in [0.15, 0.2) is 18.2 Å². The highest BCUT2D eigenvalue weighted by Crippen LogP contribution is 2.32. The highest BCUT2D eigenvalue weighted by Gasteiger charge is 2.28. The number of hydrogen-bond donors (Lipinski definition) is 1. The third-order valence-electron chi connectivity index (χ3n) is 4.04. The Morgan fingerprint density at radius 1 is 1.45 bits per heavy atom. The van der Waals surface area contributed by atoms with Crippen LogP contribution in [0.5, 0.6) is 0 Å². The number of nitrogens with zero attached hydrogens (tertiary/aromatic N) is 1. The van der Waals surface area contributed by atoms with Crippen molar-refractivity contribution < 1.29 is 4.92 Å². The molecule has 1 aliphatic carbocycles. The summed E-state index contributed by atoms with van der Waals surface area (Å²) in [7, 11) is 0. The van der Waals surface area contributed by atoms with Crippen molar-refractivity contribution in [3.8, 4) is 0 Å². The zero-order valence-electron chi connectivity index (χ0n) is 11.8. The molecule has 0 aromatic heterocycles. The molecule has 1 N–H and O–H groups in total. The van der Waals surface area contributed by atoms with E-state index in [9.17, 15) is 10.1 Å². The van der Waals surface area contributed by atoms with Gasteiger partial charge in [0.2, 0.25) is 0 Å². The van der Waals surface area contributed by atoms with Crippen molar-refractivity contribution in [1.29, 1.82) is 0 Å². The van der Waals surface area contributed by atoms with Crippen molar-refractivity contribution in [2.75, 3.05) is 6.54 Å². The van der Waals surface area contributed by atoms with Crippen LogP contribution < -0.4 is 5.32 Å². The molecule has 2 unspecified atom stereocenters. The van der Waals surface area contributed by atoms with Gasteiger partial charge in [-0.2, -0.15) is 0 Å². The molecule has 20 heavy (non-hydrogen) atoms. The largest absolute Gasteiger partial charge is 0.314 e. The van der Waals surface area contributed by atoms with Gasteiger partial charge in [-0.3, -0.25) is 10.1 Å². The van der Waals surface area contributed by atoms with Crippen molar-refractivity contribution in [1.82, 2.24) is 5.32 Å². The summed E-state index contributed by atoms with van der Waals surface area (Å²) in [6.45, 7) is 3.17. The smallest absolute Gasteiger partial charge is 0.274 e. The SMILES string of the molecule is CCCNC1CCCC1Cc1ccc(Cl)cc1[N+](=O)[O-]. The normalized spacial score (nSPS) is 22.1. The van der Waals surface area contributed by atoms with Crippen LogP contribution in [0.1, 0.15) is 38.2 Å². The number of nitro benzene ring substituents is 1. The number of nitro groups is 1. The molecule has 0 heterocycles. The first-order chi connectivity index (χ1) is 9.61. The Bertz CT molecular complexity index is 479. The zero-order valence-corrected chi connectivity index (χ0v) is 12.5. The average molecular weight is 297 g/mol. The van der Waals surface area contributed by atoms with E-state index in [1.165, 1.54) is 18.9 Å². The minimum absolute atomic E-state index is 0.152. The van der Waals surface area contributed by atoms with E-state index in [-0.39, 0.29) is 10.6 Å². The molecule has 0 radical (unpaired) electrons. The Labute approximate surface area is 124 Å². The molecule has 2 rings (SSSR count). The highest BCUT2D eigenvalue weighted by atomic mass is 35.5. The summed E-state index contributed by atoms with van der Waals surface area (Å²) < 4.78 is 0. The van der Waals surface area contributed by atoms with Gasteiger partial charge in [-0.15, -0.1) is 0 Å². The number of nitrogens with one attached hydrogen (secondary N) is 1. The first kappa shape index (κ1) is 15.3. The van der Waals surface area contributed by atoms with Gasteiger partial charge < -0.3 is 5.32 Å². The third-order valence-corrected chi connectivity index (χ3v) is 4.28. The van der Waals surface area contributed by atoms with Crippen LogP contribution in [-0.2, 0) is 6.42 Å². The zero-order chi connectivity index (χ0) is 14.5. The van der Waals surface area contributed by atoms with Crippen molar-refractivity contribution in [2.24, 2.45) is 5.92 Å². The monoisotopic (exact) mass is 296 g/mol. The molecule has 0 spiro atoms. The summed E-state index contributed by atoms with van der Waals surface area (Å²) in [6, 6.07) is 5.49. The number of halogens is 1. The summed E-state index contributed by atoms with van der Waals surface area (Å²) in [5, 5.41) is 15.1. The number of benzene rings is 1. The maximum atomic E-state index is 11.1. The molecular formula is C15H21ClN2O2. The lowest BCUT2D eigenvalue weighted by Crippen LogP contribution is -2.33.